The monoisotopic (exact) mass is 456 g/mol. The van der Waals surface area contributed by atoms with Gasteiger partial charge in [-0.1, -0.05) is 42.5 Å². The van der Waals surface area contributed by atoms with Gasteiger partial charge in [-0.05, 0) is 67.5 Å². The summed E-state index contributed by atoms with van der Waals surface area (Å²) in [5.74, 6) is 1.49. The zero-order valence-electron chi connectivity index (χ0n) is 20.0. The molecule has 2 fully saturated rings. The van der Waals surface area contributed by atoms with Gasteiger partial charge in [0.2, 0.25) is 0 Å². The predicted octanol–water partition coefficient (Wildman–Crippen LogP) is 4.66. The van der Waals surface area contributed by atoms with E-state index in [1.54, 1.807) is 0 Å². The molecule has 0 atom stereocenters. The summed E-state index contributed by atoms with van der Waals surface area (Å²) in [5.41, 5.74) is 10.6. The molecule has 5 nitrogen and oxygen atoms in total. The van der Waals surface area contributed by atoms with Gasteiger partial charge in [0.15, 0.2) is 0 Å². The summed E-state index contributed by atoms with van der Waals surface area (Å²) in [6.45, 7) is 6.84. The first kappa shape index (κ1) is 22.9. The van der Waals surface area contributed by atoms with E-state index < -0.39 is 0 Å². The van der Waals surface area contributed by atoms with Crippen molar-refractivity contribution in [1.82, 2.24) is 14.8 Å². The second kappa shape index (κ2) is 11.0. The molecule has 2 aliphatic rings. The van der Waals surface area contributed by atoms with Crippen molar-refractivity contribution in [3.8, 4) is 17.0 Å². The molecule has 5 heteroatoms. The Morgan fingerprint density at radius 2 is 1.50 bits per heavy atom. The molecule has 1 aliphatic heterocycles. The van der Waals surface area contributed by atoms with E-state index in [1.807, 2.05) is 18.2 Å². The van der Waals surface area contributed by atoms with E-state index in [4.69, 9.17) is 10.5 Å². The Morgan fingerprint density at radius 3 is 2.15 bits per heavy atom. The molecule has 34 heavy (non-hydrogen) atoms. The summed E-state index contributed by atoms with van der Waals surface area (Å²) in [7, 11) is 0. The van der Waals surface area contributed by atoms with Gasteiger partial charge in [0.1, 0.15) is 11.6 Å². The standard InChI is InChI=1S/C29H36N4O/c30-29-11-5-10-27(31-29)26-13-12-24(22-28(26)34-25-8-4-9-25)15-17-33-20-18-32(19-21-33)16-14-23-6-2-1-3-7-23/h1-3,5-7,10-13,22,25H,4,8-9,14-21H2,(H2,30,31). The van der Waals surface area contributed by atoms with E-state index >= 15 is 0 Å². The van der Waals surface area contributed by atoms with Crippen LogP contribution in [0.15, 0.2) is 66.7 Å². The first-order valence-corrected chi connectivity index (χ1v) is 12.7. The number of nitrogen functional groups attached to an aromatic ring is 1. The molecule has 3 aromatic rings. The van der Waals surface area contributed by atoms with Gasteiger partial charge in [-0.3, -0.25) is 0 Å². The van der Waals surface area contributed by atoms with Crippen molar-refractivity contribution >= 4 is 5.82 Å². The van der Waals surface area contributed by atoms with Gasteiger partial charge in [0, 0.05) is 44.8 Å². The van der Waals surface area contributed by atoms with Gasteiger partial charge in [0.05, 0.1) is 11.8 Å². The van der Waals surface area contributed by atoms with Crippen LogP contribution in [-0.4, -0.2) is 60.2 Å². The smallest absolute Gasteiger partial charge is 0.129 e. The van der Waals surface area contributed by atoms with E-state index in [0.29, 0.717) is 11.9 Å². The molecule has 178 valence electrons. The van der Waals surface area contributed by atoms with E-state index in [2.05, 4.69) is 63.3 Å². The predicted molar refractivity (Wildman–Crippen MR) is 139 cm³/mol. The number of nitrogens with two attached hydrogens (primary N) is 1. The second-order valence-electron chi connectivity index (χ2n) is 9.62. The lowest BCUT2D eigenvalue weighted by atomic mass is 9.96. The highest BCUT2D eigenvalue weighted by Crippen LogP contribution is 2.34. The Labute approximate surface area is 203 Å². The van der Waals surface area contributed by atoms with E-state index in [-0.39, 0.29) is 0 Å². The topological polar surface area (TPSA) is 54.6 Å². The molecule has 1 aromatic heterocycles. The first-order valence-electron chi connectivity index (χ1n) is 12.7. The third-order valence-electron chi connectivity index (χ3n) is 7.18. The average Bonchev–Trinajstić information content (AvgIpc) is 2.85. The second-order valence-corrected chi connectivity index (χ2v) is 9.62. The van der Waals surface area contributed by atoms with Crippen LogP contribution in [0.25, 0.3) is 11.3 Å². The quantitative estimate of drug-likeness (QED) is 0.507. The van der Waals surface area contributed by atoms with Crippen molar-refractivity contribution in [2.45, 2.75) is 38.2 Å². The number of nitrogens with zero attached hydrogens (tertiary/aromatic N) is 3. The van der Waals surface area contributed by atoms with Crippen molar-refractivity contribution < 1.29 is 4.74 Å². The van der Waals surface area contributed by atoms with Crippen molar-refractivity contribution in [2.24, 2.45) is 0 Å². The number of benzene rings is 2. The van der Waals surface area contributed by atoms with Crippen LogP contribution >= 0.6 is 0 Å². The van der Waals surface area contributed by atoms with Crippen molar-refractivity contribution in [3.05, 3.63) is 77.9 Å². The first-order chi connectivity index (χ1) is 16.7. The number of pyridine rings is 1. The average molecular weight is 457 g/mol. The highest BCUT2D eigenvalue weighted by molar-refractivity contribution is 5.69. The molecule has 0 bridgehead atoms. The highest BCUT2D eigenvalue weighted by atomic mass is 16.5. The number of anilines is 1. The Hall–Kier alpha value is -2.89. The largest absolute Gasteiger partial charge is 0.490 e. The minimum absolute atomic E-state index is 0.332. The molecule has 1 aliphatic carbocycles. The van der Waals surface area contributed by atoms with Crippen LogP contribution in [-0.2, 0) is 12.8 Å². The van der Waals surface area contributed by atoms with Crippen LogP contribution in [0.3, 0.4) is 0 Å². The fraction of sp³-hybridized carbons (Fsp3) is 0.414. The summed E-state index contributed by atoms with van der Waals surface area (Å²) in [5, 5.41) is 0. The SMILES string of the molecule is Nc1cccc(-c2ccc(CCN3CCN(CCc4ccccc4)CC3)cc2OC2CCC2)n1. The number of aromatic nitrogens is 1. The lowest BCUT2D eigenvalue weighted by molar-refractivity contribution is 0.120. The Bertz CT molecular complexity index is 1060. The summed E-state index contributed by atoms with van der Waals surface area (Å²) < 4.78 is 6.38. The number of rotatable bonds is 9. The van der Waals surface area contributed by atoms with Crippen molar-refractivity contribution in [3.63, 3.8) is 0 Å². The molecule has 2 heterocycles. The normalized spacial score (nSPS) is 17.4. The van der Waals surface area contributed by atoms with Gasteiger partial charge in [-0.25, -0.2) is 4.98 Å². The number of hydrogen-bond donors (Lipinski definition) is 1. The van der Waals surface area contributed by atoms with Gasteiger partial charge in [-0.2, -0.15) is 0 Å². The lowest BCUT2D eigenvalue weighted by Crippen LogP contribution is -2.47. The molecule has 0 spiro atoms. The van der Waals surface area contributed by atoms with E-state index in [1.165, 1.54) is 17.5 Å². The fourth-order valence-electron chi connectivity index (χ4n) is 4.76. The molecular weight excluding hydrogens is 420 g/mol. The molecule has 0 radical (unpaired) electrons. The Balaban J connectivity index is 1.16. The summed E-state index contributed by atoms with van der Waals surface area (Å²) >= 11 is 0. The van der Waals surface area contributed by atoms with Gasteiger partial charge in [0.25, 0.3) is 0 Å². The molecule has 0 amide bonds. The Morgan fingerprint density at radius 1 is 0.794 bits per heavy atom. The van der Waals surface area contributed by atoms with Gasteiger partial charge >= 0.3 is 0 Å². The number of piperazine rings is 1. The minimum Gasteiger partial charge on any atom is -0.490 e. The number of ether oxygens (including phenoxy) is 1. The minimum atomic E-state index is 0.332. The van der Waals surface area contributed by atoms with Crippen LogP contribution in [0.5, 0.6) is 5.75 Å². The molecule has 2 N–H and O–H groups in total. The molecule has 2 aromatic carbocycles. The van der Waals surface area contributed by atoms with Gasteiger partial charge < -0.3 is 20.3 Å². The van der Waals surface area contributed by atoms with Crippen LogP contribution in [0.4, 0.5) is 5.82 Å². The van der Waals surface area contributed by atoms with E-state index in [0.717, 1.165) is 82.0 Å². The Kier molecular flexibility index (Phi) is 7.42. The zero-order chi connectivity index (χ0) is 23.2. The highest BCUT2D eigenvalue weighted by Gasteiger charge is 2.22. The maximum Gasteiger partial charge on any atom is 0.129 e. The van der Waals surface area contributed by atoms with Crippen LogP contribution < -0.4 is 10.5 Å². The van der Waals surface area contributed by atoms with Crippen molar-refractivity contribution in [1.29, 1.82) is 0 Å². The third-order valence-corrected chi connectivity index (χ3v) is 7.18. The summed E-state index contributed by atoms with van der Waals surface area (Å²) in [4.78, 5) is 9.73. The maximum absolute atomic E-state index is 6.38. The molecule has 5 rings (SSSR count). The summed E-state index contributed by atoms with van der Waals surface area (Å²) in [6.07, 6.45) is 6.05. The molecule has 1 saturated heterocycles. The van der Waals surface area contributed by atoms with Crippen molar-refractivity contribution in [2.75, 3.05) is 45.0 Å². The number of hydrogen-bond acceptors (Lipinski definition) is 5. The van der Waals surface area contributed by atoms with Crippen LogP contribution in [0.2, 0.25) is 0 Å². The van der Waals surface area contributed by atoms with Crippen LogP contribution in [0.1, 0.15) is 30.4 Å². The van der Waals surface area contributed by atoms with Crippen LogP contribution in [0, 0.1) is 0 Å². The zero-order valence-corrected chi connectivity index (χ0v) is 20.0. The van der Waals surface area contributed by atoms with E-state index in [9.17, 15) is 0 Å². The maximum atomic E-state index is 6.38. The third kappa shape index (κ3) is 5.96. The molecular formula is C29H36N4O. The van der Waals surface area contributed by atoms with Gasteiger partial charge in [-0.15, -0.1) is 0 Å². The lowest BCUT2D eigenvalue weighted by Gasteiger charge is -2.34. The molecule has 1 saturated carbocycles. The molecule has 0 unspecified atom stereocenters. The fourth-order valence-corrected chi connectivity index (χ4v) is 4.76. The summed E-state index contributed by atoms with van der Waals surface area (Å²) in [6, 6.07) is 23.2.